The Morgan fingerprint density at radius 3 is 2.06 bits per heavy atom. The van der Waals surface area contributed by atoms with Crippen LogP contribution in [0.25, 0.3) is 0 Å². The van der Waals surface area contributed by atoms with Gasteiger partial charge in [0.15, 0.2) is 0 Å². The van der Waals surface area contributed by atoms with E-state index in [1.54, 1.807) is 12.5 Å². The van der Waals surface area contributed by atoms with Gasteiger partial charge in [0.2, 0.25) is 0 Å². The van der Waals surface area contributed by atoms with Crippen molar-refractivity contribution in [1.29, 1.82) is 0 Å². The van der Waals surface area contributed by atoms with Crippen LogP contribution in [0.1, 0.15) is 11.5 Å². The van der Waals surface area contributed by atoms with Gasteiger partial charge in [0.05, 0.1) is 4.58 Å². The summed E-state index contributed by atoms with van der Waals surface area (Å²) in [5.74, 6) is -1.96. The van der Waals surface area contributed by atoms with Crippen LogP contribution in [0.15, 0.2) is 24.3 Å². The number of para-hydroxylation sites is 1. The van der Waals surface area contributed by atoms with E-state index in [2.05, 4.69) is 0 Å². The standard InChI is InChI=1S/C11H13F3OS2/c1-16-10(17-2)9(11(12,13)14)7-5-3-4-6-8(7)15/h3-6,9-10,15H,1-2H3. The number of aromatic hydroxyl groups is 1. The number of halogens is 3. The van der Waals surface area contributed by atoms with Crippen molar-refractivity contribution in [3.8, 4) is 5.75 Å². The van der Waals surface area contributed by atoms with E-state index in [1.807, 2.05) is 0 Å². The molecule has 0 aliphatic rings. The van der Waals surface area contributed by atoms with Gasteiger partial charge in [-0.15, -0.1) is 0 Å². The third-order valence-electron chi connectivity index (χ3n) is 2.36. The molecule has 6 heteroatoms. The molecule has 0 amide bonds. The molecule has 1 aromatic carbocycles. The fourth-order valence-electron chi connectivity index (χ4n) is 1.60. The van der Waals surface area contributed by atoms with E-state index >= 15 is 0 Å². The first-order chi connectivity index (χ1) is 7.91. The summed E-state index contributed by atoms with van der Waals surface area (Å²) >= 11 is 2.28. The van der Waals surface area contributed by atoms with Crippen LogP contribution in [0.3, 0.4) is 0 Å². The molecule has 0 saturated carbocycles. The number of thioether (sulfide) groups is 2. The van der Waals surface area contributed by atoms with E-state index in [1.165, 1.54) is 24.3 Å². The monoisotopic (exact) mass is 282 g/mol. The second kappa shape index (κ2) is 5.91. The molecule has 0 aromatic heterocycles. The van der Waals surface area contributed by atoms with Crippen molar-refractivity contribution >= 4 is 23.5 Å². The highest BCUT2D eigenvalue weighted by atomic mass is 32.2. The van der Waals surface area contributed by atoms with Crippen LogP contribution in [-0.2, 0) is 0 Å². The summed E-state index contributed by atoms with van der Waals surface area (Å²) in [7, 11) is 0. The Hall–Kier alpha value is -0.490. The largest absolute Gasteiger partial charge is 0.508 e. The molecule has 0 spiro atoms. The van der Waals surface area contributed by atoms with Crippen LogP contribution in [0.4, 0.5) is 13.2 Å². The second-order valence-electron chi connectivity index (χ2n) is 3.42. The molecule has 1 N–H and O–H groups in total. The van der Waals surface area contributed by atoms with Gasteiger partial charge in [0, 0.05) is 5.56 Å². The SMILES string of the molecule is CSC(SC)C(c1ccccc1O)C(F)(F)F. The van der Waals surface area contributed by atoms with E-state index in [0.29, 0.717) is 0 Å². The molecular weight excluding hydrogens is 269 g/mol. The van der Waals surface area contributed by atoms with Crippen molar-refractivity contribution in [3.05, 3.63) is 29.8 Å². The number of benzene rings is 1. The highest BCUT2D eigenvalue weighted by Crippen LogP contribution is 2.47. The van der Waals surface area contributed by atoms with Gasteiger partial charge in [0.25, 0.3) is 0 Å². The van der Waals surface area contributed by atoms with Gasteiger partial charge in [-0.2, -0.15) is 36.7 Å². The molecule has 1 aromatic rings. The third kappa shape index (κ3) is 3.48. The lowest BCUT2D eigenvalue weighted by molar-refractivity contribution is -0.147. The lowest BCUT2D eigenvalue weighted by atomic mass is 9.99. The first-order valence-corrected chi connectivity index (χ1v) is 7.39. The van der Waals surface area contributed by atoms with Crippen LogP contribution < -0.4 is 0 Å². The predicted octanol–water partition coefficient (Wildman–Crippen LogP) is 4.09. The maximum absolute atomic E-state index is 13.1. The predicted molar refractivity (Wildman–Crippen MR) is 67.7 cm³/mol. The molecule has 1 rings (SSSR count). The average Bonchev–Trinajstić information content (AvgIpc) is 2.25. The first-order valence-electron chi connectivity index (χ1n) is 4.82. The van der Waals surface area contributed by atoms with Crippen LogP contribution in [0.5, 0.6) is 5.75 Å². The fraction of sp³-hybridized carbons (Fsp3) is 0.455. The maximum atomic E-state index is 13.1. The Morgan fingerprint density at radius 1 is 1.12 bits per heavy atom. The van der Waals surface area contributed by atoms with Gasteiger partial charge >= 0.3 is 6.18 Å². The molecule has 0 fully saturated rings. The highest BCUT2D eigenvalue weighted by Gasteiger charge is 2.46. The van der Waals surface area contributed by atoms with Crippen molar-refractivity contribution in [2.24, 2.45) is 0 Å². The molecule has 0 saturated heterocycles. The molecule has 17 heavy (non-hydrogen) atoms. The van der Waals surface area contributed by atoms with Crippen LogP contribution >= 0.6 is 23.5 Å². The van der Waals surface area contributed by atoms with Crippen molar-refractivity contribution in [1.82, 2.24) is 0 Å². The summed E-state index contributed by atoms with van der Waals surface area (Å²) in [6.45, 7) is 0. The van der Waals surface area contributed by atoms with E-state index in [0.717, 1.165) is 23.5 Å². The number of phenols is 1. The molecule has 0 aliphatic carbocycles. The van der Waals surface area contributed by atoms with Gasteiger partial charge in [-0.1, -0.05) is 18.2 Å². The molecule has 1 nitrogen and oxygen atoms in total. The third-order valence-corrected chi connectivity index (χ3v) is 4.99. The summed E-state index contributed by atoms with van der Waals surface area (Å²) < 4.78 is 38.6. The van der Waals surface area contributed by atoms with Gasteiger partial charge < -0.3 is 5.11 Å². The minimum Gasteiger partial charge on any atom is -0.508 e. The molecule has 0 radical (unpaired) electrons. The normalized spacial score (nSPS) is 14.0. The number of hydrogen-bond acceptors (Lipinski definition) is 3. The molecule has 96 valence electrons. The molecule has 0 heterocycles. The lowest BCUT2D eigenvalue weighted by Crippen LogP contribution is -2.28. The fourth-order valence-corrected chi connectivity index (χ4v) is 3.51. The van der Waals surface area contributed by atoms with E-state index < -0.39 is 16.7 Å². The Bertz CT molecular complexity index is 364. The molecular formula is C11H13F3OS2. The zero-order chi connectivity index (χ0) is 13.1. The lowest BCUT2D eigenvalue weighted by Gasteiger charge is -2.27. The summed E-state index contributed by atoms with van der Waals surface area (Å²) in [6.07, 6.45) is -1.09. The molecule has 0 bridgehead atoms. The second-order valence-corrected chi connectivity index (χ2v) is 5.67. The van der Waals surface area contributed by atoms with Gasteiger partial charge in [-0.25, -0.2) is 0 Å². The van der Waals surface area contributed by atoms with Gasteiger partial charge in [-0.3, -0.25) is 0 Å². The summed E-state index contributed by atoms with van der Waals surface area (Å²) in [6, 6.07) is 5.63. The number of phenolic OH excluding ortho intramolecular Hbond substituents is 1. The topological polar surface area (TPSA) is 20.2 Å². The Morgan fingerprint density at radius 2 is 1.65 bits per heavy atom. The van der Waals surface area contributed by atoms with Crippen LogP contribution in [-0.4, -0.2) is 28.4 Å². The summed E-state index contributed by atoms with van der Waals surface area (Å²) in [5, 5.41) is 9.57. The molecule has 0 aliphatic heterocycles. The van der Waals surface area contributed by atoms with Crippen molar-refractivity contribution in [3.63, 3.8) is 0 Å². The quantitative estimate of drug-likeness (QED) is 0.840. The first kappa shape index (κ1) is 14.6. The minimum atomic E-state index is -4.37. The summed E-state index contributed by atoms with van der Waals surface area (Å²) in [4.78, 5) is 0. The average molecular weight is 282 g/mol. The van der Waals surface area contributed by atoms with Crippen molar-refractivity contribution < 1.29 is 18.3 Å². The smallest absolute Gasteiger partial charge is 0.397 e. The number of hydrogen-bond donors (Lipinski definition) is 1. The van der Waals surface area contributed by atoms with Crippen LogP contribution in [0, 0.1) is 0 Å². The Labute approximate surface area is 107 Å². The molecule has 1 atom stereocenters. The van der Waals surface area contributed by atoms with Gasteiger partial charge in [-0.05, 0) is 18.6 Å². The van der Waals surface area contributed by atoms with E-state index in [-0.39, 0.29) is 11.3 Å². The Kier molecular flexibility index (Phi) is 5.06. The van der Waals surface area contributed by atoms with Crippen molar-refractivity contribution in [2.75, 3.05) is 12.5 Å². The Balaban J connectivity index is 3.20. The zero-order valence-electron chi connectivity index (χ0n) is 9.36. The number of rotatable bonds is 4. The van der Waals surface area contributed by atoms with E-state index in [4.69, 9.17) is 0 Å². The molecule has 1 unspecified atom stereocenters. The van der Waals surface area contributed by atoms with Gasteiger partial charge in [0.1, 0.15) is 11.7 Å². The maximum Gasteiger partial charge on any atom is 0.397 e. The zero-order valence-corrected chi connectivity index (χ0v) is 11.0. The summed E-state index contributed by atoms with van der Waals surface area (Å²) in [5.41, 5.74) is -0.0614. The van der Waals surface area contributed by atoms with Crippen molar-refractivity contribution in [2.45, 2.75) is 16.7 Å². The number of alkyl halides is 3. The highest BCUT2D eigenvalue weighted by molar-refractivity contribution is 8.16. The van der Waals surface area contributed by atoms with Crippen LogP contribution in [0.2, 0.25) is 0 Å². The van der Waals surface area contributed by atoms with E-state index in [9.17, 15) is 18.3 Å². The minimum absolute atomic E-state index is 0.0614.